The third-order valence-electron chi connectivity index (χ3n) is 6.20. The fourth-order valence-electron chi connectivity index (χ4n) is 4.98. The van der Waals surface area contributed by atoms with E-state index >= 15 is 0 Å². The van der Waals surface area contributed by atoms with E-state index in [1.54, 1.807) is 10.0 Å². The van der Waals surface area contributed by atoms with Crippen LogP contribution in [0.25, 0.3) is 0 Å². The van der Waals surface area contributed by atoms with Crippen molar-refractivity contribution in [1.29, 1.82) is 0 Å². The van der Waals surface area contributed by atoms with Crippen LogP contribution in [0.2, 0.25) is 0 Å². The van der Waals surface area contributed by atoms with Crippen LogP contribution < -0.4 is 10.6 Å². The third-order valence-corrected chi connectivity index (χ3v) is 12.7. The van der Waals surface area contributed by atoms with Crippen molar-refractivity contribution in [3.8, 4) is 0 Å². The normalized spacial score (nSPS) is 37.4. The first-order chi connectivity index (χ1) is 12.4. The van der Waals surface area contributed by atoms with Crippen molar-refractivity contribution in [2.45, 2.75) is 76.3 Å². The number of rotatable bonds is 2. The summed E-state index contributed by atoms with van der Waals surface area (Å²) in [6, 6.07) is 8.92. The maximum Gasteiger partial charge on any atom is 0.242 e. The van der Waals surface area contributed by atoms with Crippen LogP contribution in [-0.2, 0) is 9.59 Å². The largest absolute Gasteiger partial charge is 0.273 e. The van der Waals surface area contributed by atoms with Crippen LogP contribution in [0.15, 0.2) is 24.3 Å². The molecule has 4 unspecified atom stereocenters. The van der Waals surface area contributed by atoms with Gasteiger partial charge in [0, 0.05) is 12.8 Å². The number of amides is 2. The van der Waals surface area contributed by atoms with Crippen molar-refractivity contribution >= 4 is 38.3 Å². The number of carbonyl (C=O) groups is 2. The Morgan fingerprint density at radius 3 is 1.65 bits per heavy atom. The summed E-state index contributed by atoms with van der Waals surface area (Å²) in [5.74, 6) is 0.418. The molecular weight excluding hydrogens is 362 g/mol. The number of carbonyl (C=O) groups excluding carboxylic acids is 2. The van der Waals surface area contributed by atoms with Gasteiger partial charge in [0.1, 0.15) is 0 Å². The predicted octanol–water partition coefficient (Wildman–Crippen LogP) is 3.54. The number of hydrogen-bond acceptors (Lipinski definition) is 2. The molecule has 3 aliphatic rings. The highest BCUT2D eigenvalue weighted by Gasteiger charge is 2.51. The van der Waals surface area contributed by atoms with E-state index in [1.165, 1.54) is 23.5 Å². The molecule has 0 saturated carbocycles. The summed E-state index contributed by atoms with van der Waals surface area (Å²) in [5, 5.41) is 6.54. The first-order valence-electron chi connectivity index (χ1n) is 9.71. The van der Waals surface area contributed by atoms with Gasteiger partial charge >= 0.3 is 0 Å². The zero-order valence-corrected chi connectivity index (χ0v) is 17.8. The minimum atomic E-state index is -0.615. The Balaban J connectivity index is 1.76. The van der Waals surface area contributed by atoms with Gasteiger partial charge in [-0.05, 0) is 56.5 Å². The lowest BCUT2D eigenvalue weighted by Crippen LogP contribution is -2.53. The summed E-state index contributed by atoms with van der Waals surface area (Å²) in [7, 11) is -0.787. The Morgan fingerprint density at radius 2 is 1.19 bits per heavy atom. The van der Waals surface area contributed by atoms with Gasteiger partial charge in [-0.2, -0.15) is 0 Å². The second-order valence-electron chi connectivity index (χ2n) is 7.82. The summed E-state index contributed by atoms with van der Waals surface area (Å²) in [5.41, 5.74) is 1.52. The lowest BCUT2D eigenvalue weighted by molar-refractivity contribution is -0.170. The summed E-state index contributed by atoms with van der Waals surface area (Å²) >= 11 is 0. The van der Waals surface area contributed by atoms with Crippen molar-refractivity contribution < 1.29 is 9.59 Å². The molecule has 3 saturated heterocycles. The van der Waals surface area contributed by atoms with Gasteiger partial charge in [0.2, 0.25) is 11.8 Å². The molecule has 26 heavy (non-hydrogen) atoms. The molecule has 0 bridgehead atoms. The zero-order valence-electron chi connectivity index (χ0n) is 16.1. The number of benzene rings is 1. The van der Waals surface area contributed by atoms with E-state index in [0.29, 0.717) is 12.8 Å². The van der Waals surface area contributed by atoms with Crippen molar-refractivity contribution in [1.82, 2.24) is 10.0 Å². The van der Waals surface area contributed by atoms with E-state index in [9.17, 15) is 9.59 Å². The molecule has 0 spiro atoms. The highest BCUT2D eigenvalue weighted by Crippen LogP contribution is 2.59. The highest BCUT2D eigenvalue weighted by atomic mass is 31.1. The Bertz CT molecular complexity index is 702. The number of fused-ring (bicyclic) bond motifs is 1. The fourth-order valence-corrected chi connectivity index (χ4v) is 11.9. The molecule has 1 aromatic rings. The average Bonchev–Trinajstić information content (AvgIpc) is 3.08. The molecule has 0 N–H and O–H groups in total. The van der Waals surface area contributed by atoms with Crippen LogP contribution in [-0.4, -0.2) is 44.7 Å². The molecule has 0 aromatic heterocycles. The van der Waals surface area contributed by atoms with Crippen LogP contribution in [0, 0.1) is 0 Å². The van der Waals surface area contributed by atoms with Gasteiger partial charge in [0.05, 0.1) is 11.6 Å². The Kier molecular flexibility index (Phi) is 4.86. The van der Waals surface area contributed by atoms with E-state index in [0.717, 1.165) is 11.3 Å². The summed E-state index contributed by atoms with van der Waals surface area (Å²) in [6.07, 6.45) is 3.36. The van der Waals surface area contributed by atoms with E-state index < -0.39 is 7.92 Å². The highest BCUT2D eigenvalue weighted by molar-refractivity contribution is 7.73. The lowest BCUT2D eigenvalue weighted by Gasteiger charge is -2.35. The van der Waals surface area contributed by atoms with Gasteiger partial charge in [-0.15, -0.1) is 0 Å². The number of hydrogen-bond donors (Lipinski definition) is 0. The first kappa shape index (κ1) is 18.4. The maximum absolute atomic E-state index is 12.5. The van der Waals surface area contributed by atoms with E-state index in [1.807, 2.05) is 0 Å². The second-order valence-corrected chi connectivity index (χ2v) is 13.7. The predicted molar refractivity (Wildman–Crippen MR) is 110 cm³/mol. The maximum atomic E-state index is 12.5. The quantitative estimate of drug-likeness (QED) is 0.725. The molecule has 3 heterocycles. The van der Waals surface area contributed by atoms with Gasteiger partial charge in [0.15, 0.2) is 0 Å². The molecule has 0 aliphatic carbocycles. The molecule has 0 radical (unpaired) electrons. The molecule has 4 rings (SSSR count). The topological polar surface area (TPSA) is 40.6 Å². The molecule has 1 aromatic carbocycles. The van der Waals surface area contributed by atoms with E-state index in [-0.39, 0.29) is 31.3 Å². The van der Waals surface area contributed by atoms with Crippen molar-refractivity contribution in [2.24, 2.45) is 0 Å². The van der Waals surface area contributed by atoms with Gasteiger partial charge in [0.25, 0.3) is 0 Å². The van der Waals surface area contributed by atoms with Crippen LogP contribution >= 0.6 is 15.8 Å². The number of hydrazine groups is 1. The summed E-state index contributed by atoms with van der Waals surface area (Å²) < 4.78 is 0. The second kappa shape index (κ2) is 6.88. The SMILES string of the molecule is CC1CCC(C)P1c1ccccc1P1C(C)N2C(=O)CCC(=O)N2C1C. The number of nitrogens with zero attached hydrogens (tertiary/aromatic N) is 2. The van der Waals surface area contributed by atoms with Crippen LogP contribution in [0.4, 0.5) is 0 Å². The monoisotopic (exact) mass is 390 g/mol. The molecule has 4 nitrogen and oxygen atoms in total. The first-order valence-corrected chi connectivity index (χ1v) is 12.7. The van der Waals surface area contributed by atoms with Crippen molar-refractivity contribution in [2.75, 3.05) is 0 Å². The molecule has 3 aliphatic heterocycles. The Morgan fingerprint density at radius 1 is 0.769 bits per heavy atom. The molecule has 6 heteroatoms. The minimum Gasteiger partial charge on any atom is -0.273 e. The smallest absolute Gasteiger partial charge is 0.242 e. The van der Waals surface area contributed by atoms with Crippen LogP contribution in [0.5, 0.6) is 0 Å². The van der Waals surface area contributed by atoms with Gasteiger partial charge in [-0.25, -0.2) is 10.0 Å². The molecule has 140 valence electrons. The minimum absolute atomic E-state index is 0.0983. The van der Waals surface area contributed by atoms with E-state index in [4.69, 9.17) is 0 Å². The van der Waals surface area contributed by atoms with Crippen molar-refractivity contribution in [3.63, 3.8) is 0 Å². The van der Waals surface area contributed by atoms with Gasteiger partial charge in [-0.1, -0.05) is 46.0 Å². The van der Waals surface area contributed by atoms with Crippen molar-refractivity contribution in [3.05, 3.63) is 24.3 Å². The molecule has 4 atom stereocenters. The summed E-state index contributed by atoms with van der Waals surface area (Å²) in [4.78, 5) is 25.1. The van der Waals surface area contributed by atoms with Crippen LogP contribution in [0.3, 0.4) is 0 Å². The fraction of sp³-hybridized carbons (Fsp3) is 0.600. The third kappa shape index (κ3) is 2.72. The van der Waals surface area contributed by atoms with E-state index in [2.05, 4.69) is 52.0 Å². The Hall–Kier alpha value is -0.980. The average molecular weight is 390 g/mol. The molecule has 2 amide bonds. The molecule has 3 fully saturated rings. The van der Waals surface area contributed by atoms with Gasteiger partial charge in [-0.3, -0.25) is 9.59 Å². The van der Waals surface area contributed by atoms with Gasteiger partial charge < -0.3 is 0 Å². The summed E-state index contributed by atoms with van der Waals surface area (Å²) in [6.45, 7) is 9.09. The standard InChI is InChI=1S/C20H28N2O2P2/c1-13-9-10-14(2)25(13)17-7-5-6-8-18(17)26-15(3)21-19(23)11-12-20(24)22(21)16(26)4/h5-8,13-16H,9-12H2,1-4H3. The Labute approximate surface area is 158 Å². The lowest BCUT2D eigenvalue weighted by atomic mass is 10.2. The zero-order chi connectivity index (χ0) is 18.6. The van der Waals surface area contributed by atoms with Crippen LogP contribution in [0.1, 0.15) is 53.4 Å². The molecular formula is C20H28N2O2P2.